The first kappa shape index (κ1) is 20.5. The van der Waals surface area contributed by atoms with Crippen LogP contribution >= 0.6 is 0 Å². The van der Waals surface area contributed by atoms with Gasteiger partial charge in [-0.3, -0.25) is 9.59 Å². The Morgan fingerprint density at radius 3 is 2.36 bits per heavy atom. The molecule has 138 valence electrons. The molecule has 0 atom stereocenters. The maximum Gasteiger partial charge on any atom is 0.319 e. The van der Waals surface area contributed by atoms with Crippen LogP contribution in [0.15, 0.2) is 24.3 Å². The summed E-state index contributed by atoms with van der Waals surface area (Å²) < 4.78 is 0. The number of carboxylic acid groups (broad SMARTS) is 1. The van der Waals surface area contributed by atoms with Crippen molar-refractivity contribution in [3.63, 3.8) is 0 Å². The average Bonchev–Trinajstić information content (AvgIpc) is 2.53. The Balaban J connectivity index is 2.73. The van der Waals surface area contributed by atoms with Gasteiger partial charge in [0.15, 0.2) is 0 Å². The maximum atomic E-state index is 12.4. The van der Waals surface area contributed by atoms with E-state index < -0.39 is 17.5 Å². The van der Waals surface area contributed by atoms with Crippen molar-refractivity contribution in [2.24, 2.45) is 0 Å². The molecular weight excluding hydrogens is 322 g/mol. The summed E-state index contributed by atoms with van der Waals surface area (Å²) in [6.45, 7) is 8.58. The minimum atomic E-state index is -0.905. The molecule has 7 heteroatoms. The summed E-state index contributed by atoms with van der Waals surface area (Å²) in [7, 11) is 0. The van der Waals surface area contributed by atoms with Crippen molar-refractivity contribution in [2.45, 2.75) is 46.1 Å². The number of anilines is 1. The highest BCUT2D eigenvalue weighted by Crippen LogP contribution is 2.15. The summed E-state index contributed by atoms with van der Waals surface area (Å²) >= 11 is 0. The van der Waals surface area contributed by atoms with E-state index in [1.165, 1.54) is 0 Å². The summed E-state index contributed by atoms with van der Waals surface area (Å²) in [6, 6.07) is 6.30. The molecule has 0 fully saturated rings. The van der Waals surface area contributed by atoms with Crippen LogP contribution in [-0.4, -0.2) is 46.5 Å². The van der Waals surface area contributed by atoms with Crippen molar-refractivity contribution in [3.8, 4) is 0 Å². The zero-order chi connectivity index (χ0) is 19.0. The first-order valence-electron chi connectivity index (χ1n) is 8.38. The molecule has 0 aromatic heterocycles. The number of rotatable bonds is 8. The molecule has 0 bridgehead atoms. The second kappa shape index (κ2) is 9.05. The number of carbonyl (C=O) groups is 3. The lowest BCUT2D eigenvalue weighted by molar-refractivity contribution is -0.137. The number of carbonyl (C=O) groups excluding carboxylic acids is 2. The Labute approximate surface area is 148 Å². The molecule has 1 rings (SSSR count). The lowest BCUT2D eigenvalue weighted by Crippen LogP contribution is -2.45. The van der Waals surface area contributed by atoms with Crippen LogP contribution in [0.3, 0.4) is 0 Å². The van der Waals surface area contributed by atoms with E-state index in [2.05, 4.69) is 10.6 Å². The molecule has 0 aliphatic carbocycles. The minimum Gasteiger partial charge on any atom is -0.481 e. The van der Waals surface area contributed by atoms with Gasteiger partial charge in [-0.2, -0.15) is 0 Å². The zero-order valence-electron chi connectivity index (χ0n) is 15.3. The van der Waals surface area contributed by atoms with Crippen molar-refractivity contribution in [1.82, 2.24) is 10.2 Å². The number of aliphatic carboxylic acids is 1. The van der Waals surface area contributed by atoms with Gasteiger partial charge >= 0.3 is 12.0 Å². The van der Waals surface area contributed by atoms with E-state index in [4.69, 9.17) is 5.11 Å². The molecule has 0 aliphatic rings. The minimum absolute atomic E-state index is 0.0266. The van der Waals surface area contributed by atoms with Crippen molar-refractivity contribution < 1.29 is 19.5 Å². The van der Waals surface area contributed by atoms with Gasteiger partial charge in [0, 0.05) is 36.3 Å². The van der Waals surface area contributed by atoms with E-state index in [0.717, 1.165) is 0 Å². The molecule has 0 saturated heterocycles. The van der Waals surface area contributed by atoms with Crippen LogP contribution < -0.4 is 10.6 Å². The molecule has 0 spiro atoms. The van der Waals surface area contributed by atoms with E-state index in [1.807, 2.05) is 13.8 Å². The van der Waals surface area contributed by atoms with Crippen molar-refractivity contribution in [3.05, 3.63) is 29.8 Å². The summed E-state index contributed by atoms with van der Waals surface area (Å²) in [4.78, 5) is 36.9. The normalized spacial score (nSPS) is 10.9. The Morgan fingerprint density at radius 1 is 1.16 bits per heavy atom. The highest BCUT2D eigenvalue weighted by Gasteiger charge is 2.21. The van der Waals surface area contributed by atoms with Crippen LogP contribution in [-0.2, 0) is 4.79 Å². The number of nitrogens with one attached hydrogen (secondary N) is 2. The van der Waals surface area contributed by atoms with Gasteiger partial charge in [0.25, 0.3) is 5.91 Å². The Morgan fingerprint density at radius 2 is 1.80 bits per heavy atom. The lowest BCUT2D eigenvalue weighted by Gasteiger charge is -2.25. The highest BCUT2D eigenvalue weighted by atomic mass is 16.4. The highest BCUT2D eigenvalue weighted by molar-refractivity contribution is 5.97. The molecule has 7 nitrogen and oxygen atoms in total. The van der Waals surface area contributed by atoms with E-state index in [1.54, 1.807) is 43.0 Å². The molecule has 0 unspecified atom stereocenters. The molecule has 3 amide bonds. The number of hydrogen-bond donors (Lipinski definition) is 3. The lowest BCUT2D eigenvalue weighted by atomic mass is 9.99. The summed E-state index contributed by atoms with van der Waals surface area (Å²) in [5, 5.41) is 14.2. The number of carboxylic acids is 1. The molecule has 3 N–H and O–H groups in total. The monoisotopic (exact) mass is 349 g/mol. The SMILES string of the molecule is CCN(CC)C(=O)c1cccc(NC(=O)NC(C)(C)CCC(=O)O)c1. The number of amides is 3. The Bertz CT molecular complexity index is 625. The third kappa shape index (κ3) is 6.82. The fraction of sp³-hybridized carbons (Fsp3) is 0.500. The fourth-order valence-corrected chi connectivity index (χ4v) is 2.37. The van der Waals surface area contributed by atoms with Crippen molar-refractivity contribution in [1.29, 1.82) is 0 Å². The van der Waals surface area contributed by atoms with Gasteiger partial charge in [-0.1, -0.05) is 6.07 Å². The van der Waals surface area contributed by atoms with E-state index >= 15 is 0 Å². The van der Waals surface area contributed by atoms with Crippen LogP contribution in [0.2, 0.25) is 0 Å². The largest absolute Gasteiger partial charge is 0.481 e. The summed E-state index contributed by atoms with van der Waals surface area (Å²) in [5.74, 6) is -0.992. The van der Waals surface area contributed by atoms with Crippen molar-refractivity contribution >= 4 is 23.6 Å². The zero-order valence-corrected chi connectivity index (χ0v) is 15.3. The van der Waals surface area contributed by atoms with Gasteiger partial charge in [-0.05, 0) is 52.3 Å². The topological polar surface area (TPSA) is 98.7 Å². The molecule has 1 aromatic carbocycles. The van der Waals surface area contributed by atoms with Crippen LogP contribution in [0.1, 0.15) is 50.9 Å². The van der Waals surface area contributed by atoms with E-state index in [9.17, 15) is 14.4 Å². The molecule has 0 radical (unpaired) electrons. The van der Waals surface area contributed by atoms with E-state index in [0.29, 0.717) is 30.8 Å². The molecule has 1 aromatic rings. The van der Waals surface area contributed by atoms with Gasteiger partial charge in [0.2, 0.25) is 0 Å². The average molecular weight is 349 g/mol. The van der Waals surface area contributed by atoms with Crippen LogP contribution in [0.25, 0.3) is 0 Å². The van der Waals surface area contributed by atoms with Crippen LogP contribution in [0, 0.1) is 0 Å². The number of urea groups is 1. The van der Waals surface area contributed by atoms with Gasteiger partial charge < -0.3 is 20.6 Å². The van der Waals surface area contributed by atoms with Crippen LogP contribution in [0.5, 0.6) is 0 Å². The second-order valence-electron chi connectivity index (χ2n) is 6.41. The molecule has 0 aliphatic heterocycles. The number of benzene rings is 1. The third-order valence-corrected chi connectivity index (χ3v) is 3.83. The second-order valence-corrected chi connectivity index (χ2v) is 6.41. The van der Waals surface area contributed by atoms with Crippen molar-refractivity contribution in [2.75, 3.05) is 18.4 Å². The predicted octanol–water partition coefficient (Wildman–Crippen LogP) is 2.93. The molecule has 25 heavy (non-hydrogen) atoms. The van der Waals surface area contributed by atoms with Gasteiger partial charge in [0.1, 0.15) is 0 Å². The third-order valence-electron chi connectivity index (χ3n) is 3.83. The number of hydrogen-bond acceptors (Lipinski definition) is 3. The summed E-state index contributed by atoms with van der Waals surface area (Å²) in [5.41, 5.74) is 0.355. The quantitative estimate of drug-likeness (QED) is 0.672. The molecular formula is C18H27N3O4. The summed E-state index contributed by atoms with van der Waals surface area (Å²) in [6.07, 6.45) is 0.289. The Hall–Kier alpha value is -2.57. The standard InChI is InChI=1S/C18H27N3O4/c1-5-21(6-2)16(24)13-8-7-9-14(12-13)19-17(25)20-18(3,4)11-10-15(22)23/h7-9,12H,5-6,10-11H2,1-4H3,(H,22,23)(H2,19,20,25). The van der Waals surface area contributed by atoms with E-state index in [-0.39, 0.29) is 12.3 Å². The van der Waals surface area contributed by atoms with Gasteiger partial charge in [0.05, 0.1) is 0 Å². The first-order chi connectivity index (χ1) is 11.7. The number of nitrogens with zero attached hydrogens (tertiary/aromatic N) is 1. The van der Waals surface area contributed by atoms with Crippen LogP contribution in [0.4, 0.5) is 10.5 Å². The fourth-order valence-electron chi connectivity index (χ4n) is 2.37. The molecule has 0 heterocycles. The smallest absolute Gasteiger partial charge is 0.319 e. The molecule has 0 saturated carbocycles. The maximum absolute atomic E-state index is 12.4. The Kier molecular flexibility index (Phi) is 7.42. The van der Waals surface area contributed by atoms with Gasteiger partial charge in [-0.25, -0.2) is 4.79 Å². The predicted molar refractivity (Wildman–Crippen MR) is 96.8 cm³/mol. The first-order valence-corrected chi connectivity index (χ1v) is 8.38. The van der Waals surface area contributed by atoms with Gasteiger partial charge in [-0.15, -0.1) is 0 Å².